The summed E-state index contributed by atoms with van der Waals surface area (Å²) < 4.78 is 5.70. The number of benzene rings is 2. The van der Waals surface area contributed by atoms with Crippen molar-refractivity contribution in [1.82, 2.24) is 0 Å². The molecule has 22 heavy (non-hydrogen) atoms. The Hall–Kier alpha value is -2.34. The SMILES string of the molecule is NC(=O)Nc1cc(C(=O)CBr)ccc1OCc1ccccc1. The van der Waals surface area contributed by atoms with Gasteiger partial charge >= 0.3 is 6.03 Å². The molecule has 0 spiro atoms. The van der Waals surface area contributed by atoms with Crippen LogP contribution in [0.25, 0.3) is 0 Å². The number of nitrogens with two attached hydrogens (primary N) is 1. The number of alkyl halides is 1. The van der Waals surface area contributed by atoms with Crippen molar-refractivity contribution in [3.63, 3.8) is 0 Å². The van der Waals surface area contributed by atoms with Crippen LogP contribution < -0.4 is 15.8 Å². The molecule has 2 amide bonds. The number of amides is 2. The number of urea groups is 1. The van der Waals surface area contributed by atoms with Crippen molar-refractivity contribution in [1.29, 1.82) is 0 Å². The van der Waals surface area contributed by atoms with Gasteiger partial charge in [-0.3, -0.25) is 4.79 Å². The zero-order valence-electron chi connectivity index (χ0n) is 11.7. The molecule has 2 aromatic carbocycles. The number of ketones is 1. The molecule has 2 rings (SSSR count). The first-order valence-corrected chi connectivity index (χ1v) is 7.68. The maximum atomic E-state index is 11.7. The molecule has 3 N–H and O–H groups in total. The zero-order valence-corrected chi connectivity index (χ0v) is 13.3. The van der Waals surface area contributed by atoms with Gasteiger partial charge in [0.2, 0.25) is 0 Å². The number of ether oxygens (including phenoxy) is 1. The van der Waals surface area contributed by atoms with Gasteiger partial charge in [-0.15, -0.1) is 0 Å². The number of primary amides is 1. The normalized spacial score (nSPS) is 10.0. The highest BCUT2D eigenvalue weighted by Gasteiger charge is 2.11. The van der Waals surface area contributed by atoms with Crippen molar-refractivity contribution in [2.75, 3.05) is 10.6 Å². The summed E-state index contributed by atoms with van der Waals surface area (Å²) in [5.74, 6) is 0.357. The van der Waals surface area contributed by atoms with Crippen molar-refractivity contribution < 1.29 is 14.3 Å². The van der Waals surface area contributed by atoms with Crippen molar-refractivity contribution in [3.8, 4) is 5.75 Å². The number of Topliss-reactive ketones (excluding diaryl/α,β-unsaturated/α-hetero) is 1. The van der Waals surface area contributed by atoms with Gasteiger partial charge in [-0.1, -0.05) is 46.3 Å². The van der Waals surface area contributed by atoms with E-state index in [9.17, 15) is 9.59 Å². The Kier molecular flexibility index (Phi) is 5.55. The second-order valence-corrected chi connectivity index (χ2v) is 5.09. The number of nitrogens with one attached hydrogen (secondary N) is 1. The number of halogens is 1. The van der Waals surface area contributed by atoms with Gasteiger partial charge in [0.1, 0.15) is 12.4 Å². The van der Waals surface area contributed by atoms with E-state index in [4.69, 9.17) is 10.5 Å². The van der Waals surface area contributed by atoms with Gasteiger partial charge in [0.15, 0.2) is 5.78 Å². The Morgan fingerprint density at radius 1 is 1.14 bits per heavy atom. The summed E-state index contributed by atoms with van der Waals surface area (Å²) in [6.45, 7) is 0.347. The van der Waals surface area contributed by atoms with Gasteiger partial charge in [0, 0.05) is 5.56 Å². The van der Waals surface area contributed by atoms with Gasteiger partial charge in [-0.2, -0.15) is 0 Å². The van der Waals surface area contributed by atoms with Gasteiger partial charge in [0.25, 0.3) is 0 Å². The van der Waals surface area contributed by atoms with E-state index >= 15 is 0 Å². The fourth-order valence-electron chi connectivity index (χ4n) is 1.87. The van der Waals surface area contributed by atoms with Gasteiger partial charge < -0.3 is 15.8 Å². The molecule has 6 heteroatoms. The molecule has 2 aromatic rings. The Morgan fingerprint density at radius 3 is 2.50 bits per heavy atom. The molecule has 0 atom stereocenters. The monoisotopic (exact) mass is 362 g/mol. The quantitative estimate of drug-likeness (QED) is 0.610. The van der Waals surface area contributed by atoms with E-state index < -0.39 is 6.03 Å². The fraction of sp³-hybridized carbons (Fsp3) is 0.125. The standard InChI is InChI=1S/C16H15BrN2O3/c17-9-14(20)12-6-7-15(13(8-12)19-16(18)21)22-10-11-4-2-1-3-5-11/h1-8H,9-10H2,(H3,18,19,21). The molecule has 0 aliphatic carbocycles. The van der Waals surface area contributed by atoms with E-state index in [-0.39, 0.29) is 11.1 Å². The average molecular weight is 363 g/mol. The van der Waals surface area contributed by atoms with E-state index in [1.54, 1.807) is 18.2 Å². The van der Waals surface area contributed by atoms with Crippen LogP contribution in [0.2, 0.25) is 0 Å². The second-order valence-electron chi connectivity index (χ2n) is 4.53. The summed E-state index contributed by atoms with van der Waals surface area (Å²) in [6.07, 6.45) is 0. The highest BCUT2D eigenvalue weighted by molar-refractivity contribution is 9.09. The first kappa shape index (κ1) is 16.0. The Bertz CT molecular complexity index is 674. The van der Waals surface area contributed by atoms with Gasteiger partial charge in [-0.05, 0) is 23.8 Å². The van der Waals surface area contributed by atoms with Crippen LogP contribution >= 0.6 is 15.9 Å². The van der Waals surface area contributed by atoms with Crippen molar-refractivity contribution in [2.45, 2.75) is 6.61 Å². The lowest BCUT2D eigenvalue weighted by atomic mass is 10.1. The van der Waals surface area contributed by atoms with E-state index in [0.29, 0.717) is 23.6 Å². The topological polar surface area (TPSA) is 81.4 Å². The smallest absolute Gasteiger partial charge is 0.316 e. The predicted molar refractivity (Wildman–Crippen MR) is 88.5 cm³/mol. The molecule has 0 aliphatic heterocycles. The van der Waals surface area contributed by atoms with Crippen LogP contribution in [0.15, 0.2) is 48.5 Å². The summed E-state index contributed by atoms with van der Waals surface area (Å²) in [4.78, 5) is 22.8. The van der Waals surface area contributed by atoms with Crippen LogP contribution in [0.5, 0.6) is 5.75 Å². The minimum absolute atomic E-state index is 0.0953. The summed E-state index contributed by atoms with van der Waals surface area (Å²) in [6, 6.07) is 13.7. The third-order valence-corrected chi connectivity index (χ3v) is 3.43. The van der Waals surface area contributed by atoms with Crippen LogP contribution in [0, 0.1) is 0 Å². The van der Waals surface area contributed by atoms with E-state index in [0.717, 1.165) is 5.56 Å². The molecule has 0 heterocycles. The maximum absolute atomic E-state index is 11.7. The molecule has 0 radical (unpaired) electrons. The number of hydrogen-bond acceptors (Lipinski definition) is 3. The van der Waals surface area contributed by atoms with Crippen molar-refractivity contribution in [3.05, 3.63) is 59.7 Å². The van der Waals surface area contributed by atoms with Crippen molar-refractivity contribution >= 4 is 33.4 Å². The third kappa shape index (κ3) is 4.33. The Labute approximate surface area is 136 Å². The molecule has 0 fully saturated rings. The lowest BCUT2D eigenvalue weighted by Crippen LogP contribution is -2.20. The Balaban J connectivity index is 2.21. The number of carbonyl (C=O) groups excluding carboxylic acids is 2. The molecular formula is C16H15BrN2O3. The van der Waals surface area contributed by atoms with E-state index in [1.165, 1.54) is 0 Å². The van der Waals surface area contributed by atoms with E-state index in [1.807, 2.05) is 30.3 Å². The molecule has 0 bridgehead atoms. The molecule has 0 unspecified atom stereocenters. The highest BCUT2D eigenvalue weighted by atomic mass is 79.9. The Morgan fingerprint density at radius 2 is 1.86 bits per heavy atom. The number of carbonyl (C=O) groups is 2. The largest absolute Gasteiger partial charge is 0.487 e. The maximum Gasteiger partial charge on any atom is 0.316 e. The van der Waals surface area contributed by atoms with E-state index in [2.05, 4.69) is 21.2 Å². The number of anilines is 1. The lowest BCUT2D eigenvalue weighted by Gasteiger charge is -2.13. The highest BCUT2D eigenvalue weighted by Crippen LogP contribution is 2.27. The fourth-order valence-corrected chi connectivity index (χ4v) is 2.20. The molecular weight excluding hydrogens is 348 g/mol. The summed E-state index contributed by atoms with van der Waals surface area (Å²) in [5, 5.41) is 2.68. The second kappa shape index (κ2) is 7.61. The zero-order chi connectivity index (χ0) is 15.9. The van der Waals surface area contributed by atoms with Crippen LogP contribution in [0.1, 0.15) is 15.9 Å². The van der Waals surface area contributed by atoms with Crippen LogP contribution in [-0.2, 0) is 6.61 Å². The first-order valence-electron chi connectivity index (χ1n) is 6.56. The predicted octanol–water partition coefficient (Wildman–Crippen LogP) is 3.33. The van der Waals surface area contributed by atoms with Crippen molar-refractivity contribution in [2.24, 2.45) is 5.73 Å². The molecule has 0 saturated carbocycles. The average Bonchev–Trinajstić information content (AvgIpc) is 2.53. The third-order valence-electron chi connectivity index (χ3n) is 2.92. The summed E-state index contributed by atoms with van der Waals surface area (Å²) in [7, 11) is 0. The lowest BCUT2D eigenvalue weighted by molar-refractivity contribution is 0.102. The van der Waals surface area contributed by atoms with Crippen LogP contribution in [0.4, 0.5) is 10.5 Å². The van der Waals surface area contributed by atoms with Crippen LogP contribution in [-0.4, -0.2) is 17.1 Å². The summed E-state index contributed by atoms with van der Waals surface area (Å²) >= 11 is 3.11. The van der Waals surface area contributed by atoms with Gasteiger partial charge in [0.05, 0.1) is 11.0 Å². The minimum atomic E-state index is -0.715. The molecule has 5 nitrogen and oxygen atoms in total. The summed E-state index contributed by atoms with van der Waals surface area (Å²) in [5.41, 5.74) is 6.99. The molecule has 114 valence electrons. The molecule has 0 aromatic heterocycles. The van der Waals surface area contributed by atoms with Gasteiger partial charge in [-0.25, -0.2) is 4.79 Å². The minimum Gasteiger partial charge on any atom is -0.487 e. The number of rotatable bonds is 6. The molecule has 0 saturated heterocycles. The first-order chi connectivity index (χ1) is 10.6. The number of hydrogen-bond donors (Lipinski definition) is 2. The molecule has 0 aliphatic rings. The van der Waals surface area contributed by atoms with Crippen LogP contribution in [0.3, 0.4) is 0 Å².